The highest BCUT2D eigenvalue weighted by molar-refractivity contribution is 7.92. The molecule has 2 saturated heterocycles. The molecule has 3 atom stereocenters. The van der Waals surface area contributed by atoms with Gasteiger partial charge in [0.15, 0.2) is 0 Å². The fourth-order valence-corrected chi connectivity index (χ4v) is 5.35. The fraction of sp³-hybridized carbons (Fsp3) is 0.652. The fourth-order valence-electron chi connectivity index (χ4n) is 4.72. The van der Waals surface area contributed by atoms with Crippen LogP contribution in [0.1, 0.15) is 36.5 Å². The number of nitrogens with one attached hydrogen (secondary N) is 1. The molecule has 3 heterocycles. The van der Waals surface area contributed by atoms with Crippen LogP contribution in [0.15, 0.2) is 18.2 Å². The van der Waals surface area contributed by atoms with Gasteiger partial charge >= 0.3 is 0 Å². The van der Waals surface area contributed by atoms with Crippen LogP contribution >= 0.6 is 0 Å². The Labute approximate surface area is 201 Å². The minimum Gasteiger partial charge on any atom is -0.490 e. The third-order valence-electron chi connectivity index (χ3n) is 6.92. The second-order valence-corrected chi connectivity index (χ2v) is 11.3. The van der Waals surface area contributed by atoms with E-state index in [1.165, 1.54) is 6.07 Å². The summed E-state index contributed by atoms with van der Waals surface area (Å²) in [6.07, 6.45) is 1.17. The maximum atomic E-state index is 13.3. The van der Waals surface area contributed by atoms with Crippen molar-refractivity contribution in [1.82, 2.24) is 14.7 Å². The van der Waals surface area contributed by atoms with Gasteiger partial charge in [-0.25, -0.2) is 8.42 Å². The summed E-state index contributed by atoms with van der Waals surface area (Å²) >= 11 is 0. The largest absolute Gasteiger partial charge is 0.490 e. The number of anilines is 1. The van der Waals surface area contributed by atoms with E-state index in [1.807, 2.05) is 4.90 Å². The summed E-state index contributed by atoms with van der Waals surface area (Å²) in [5, 5.41) is 0. The Kier molecular flexibility index (Phi) is 7.34. The maximum absolute atomic E-state index is 13.3. The summed E-state index contributed by atoms with van der Waals surface area (Å²) < 4.78 is 38.6. The number of benzene rings is 1. The Bertz CT molecular complexity index is 1020. The van der Waals surface area contributed by atoms with E-state index in [0.717, 1.165) is 26.2 Å². The van der Waals surface area contributed by atoms with Gasteiger partial charge in [-0.1, -0.05) is 0 Å². The average Bonchev–Trinajstić information content (AvgIpc) is 2.82. The zero-order valence-electron chi connectivity index (χ0n) is 20.0. The number of likely N-dealkylation sites (N-methyl/N-ethyl adjacent to an activating group) is 2. The molecule has 0 radical (unpaired) electrons. The molecule has 4 rings (SSSR count). The van der Waals surface area contributed by atoms with E-state index in [2.05, 4.69) is 16.7 Å². The normalized spacial score (nSPS) is 26.1. The summed E-state index contributed by atoms with van der Waals surface area (Å²) in [6.45, 7) is 5.03. The standard InChI is InChI=1S/C23H34N4O6S/c1-4-34(30,31)24-16-5-8-20-18(13-16)23(29)26(3)19-7-6-17(33-21(19)15-32-20)14-22(28)27-11-9-25(2)10-12-27/h5,8,13,17,19,21,24H,4,6-7,9-12,14-15H2,1-3H3/t17-,19+,21-/m0/s1. The van der Waals surface area contributed by atoms with Gasteiger partial charge in [-0.3, -0.25) is 14.3 Å². The van der Waals surface area contributed by atoms with Gasteiger partial charge in [0, 0.05) is 38.9 Å². The lowest BCUT2D eigenvalue weighted by atomic mass is 9.94. The molecule has 0 saturated carbocycles. The Morgan fingerprint density at radius 3 is 2.59 bits per heavy atom. The molecular formula is C23H34N4O6S. The zero-order valence-corrected chi connectivity index (χ0v) is 20.8. The summed E-state index contributed by atoms with van der Waals surface area (Å²) in [5.41, 5.74) is 0.634. The summed E-state index contributed by atoms with van der Waals surface area (Å²) in [6, 6.07) is 4.51. The van der Waals surface area contributed by atoms with Gasteiger partial charge in [0.05, 0.1) is 29.9 Å². The van der Waals surface area contributed by atoms with Crippen molar-refractivity contribution in [2.75, 3.05) is 57.4 Å². The number of amides is 2. The van der Waals surface area contributed by atoms with E-state index in [-0.39, 0.29) is 42.4 Å². The molecule has 34 heavy (non-hydrogen) atoms. The Balaban J connectivity index is 1.44. The molecule has 0 bridgehead atoms. The summed E-state index contributed by atoms with van der Waals surface area (Å²) in [4.78, 5) is 31.8. The van der Waals surface area contributed by atoms with Crippen molar-refractivity contribution in [1.29, 1.82) is 0 Å². The quantitative estimate of drug-likeness (QED) is 0.650. The van der Waals surface area contributed by atoms with Crippen molar-refractivity contribution in [2.45, 2.75) is 44.4 Å². The predicted molar refractivity (Wildman–Crippen MR) is 127 cm³/mol. The van der Waals surface area contributed by atoms with Gasteiger partial charge in [0.1, 0.15) is 18.5 Å². The molecule has 11 heteroatoms. The molecule has 2 fully saturated rings. The van der Waals surface area contributed by atoms with E-state index in [4.69, 9.17) is 9.47 Å². The van der Waals surface area contributed by atoms with Crippen LogP contribution < -0.4 is 9.46 Å². The minimum absolute atomic E-state index is 0.0615. The number of hydrogen-bond acceptors (Lipinski definition) is 7. The van der Waals surface area contributed by atoms with Crippen LogP contribution in [0.5, 0.6) is 5.75 Å². The van der Waals surface area contributed by atoms with Gasteiger partial charge in [-0.05, 0) is 45.0 Å². The number of ether oxygens (including phenoxy) is 2. The highest BCUT2D eigenvalue weighted by Crippen LogP contribution is 2.33. The predicted octanol–water partition coefficient (Wildman–Crippen LogP) is 0.993. The third kappa shape index (κ3) is 5.47. The monoisotopic (exact) mass is 494 g/mol. The van der Waals surface area contributed by atoms with Crippen LogP contribution in [0.3, 0.4) is 0 Å². The van der Waals surface area contributed by atoms with Crippen molar-refractivity contribution >= 4 is 27.5 Å². The van der Waals surface area contributed by atoms with Crippen LogP contribution in [0.2, 0.25) is 0 Å². The first-order chi connectivity index (χ1) is 16.2. The summed E-state index contributed by atoms with van der Waals surface area (Å²) in [7, 11) is 0.328. The lowest BCUT2D eigenvalue weighted by molar-refractivity contribution is -0.144. The number of rotatable bonds is 5. The molecule has 3 aliphatic heterocycles. The molecule has 0 unspecified atom stereocenters. The Morgan fingerprint density at radius 1 is 1.15 bits per heavy atom. The summed E-state index contributed by atoms with van der Waals surface area (Å²) in [5.74, 6) is 0.181. The lowest BCUT2D eigenvalue weighted by Crippen LogP contribution is -2.54. The van der Waals surface area contributed by atoms with Crippen LogP contribution in [-0.2, 0) is 19.6 Å². The number of hydrogen-bond donors (Lipinski definition) is 1. The van der Waals surface area contributed by atoms with Crippen molar-refractivity contribution in [3.63, 3.8) is 0 Å². The van der Waals surface area contributed by atoms with Gasteiger partial charge in [0.25, 0.3) is 5.91 Å². The second-order valence-electron chi connectivity index (χ2n) is 9.27. The van der Waals surface area contributed by atoms with Crippen molar-refractivity contribution < 1.29 is 27.5 Å². The van der Waals surface area contributed by atoms with Gasteiger partial charge in [-0.2, -0.15) is 0 Å². The topological polar surface area (TPSA) is 108 Å². The van der Waals surface area contributed by atoms with E-state index in [9.17, 15) is 18.0 Å². The van der Waals surface area contributed by atoms with E-state index >= 15 is 0 Å². The first-order valence-electron chi connectivity index (χ1n) is 11.8. The lowest BCUT2D eigenvalue weighted by Gasteiger charge is -2.42. The number of fused-ring (bicyclic) bond motifs is 2. The van der Waals surface area contributed by atoms with Crippen LogP contribution in [-0.4, -0.2) is 106 Å². The molecule has 0 aromatic heterocycles. The molecule has 0 spiro atoms. The molecule has 10 nitrogen and oxygen atoms in total. The average molecular weight is 495 g/mol. The van der Waals surface area contributed by atoms with Crippen LogP contribution in [0.4, 0.5) is 5.69 Å². The highest BCUT2D eigenvalue weighted by Gasteiger charge is 2.39. The molecule has 2 amide bonds. The number of sulfonamides is 1. The third-order valence-corrected chi connectivity index (χ3v) is 8.23. The SMILES string of the molecule is CCS(=O)(=O)Nc1ccc2c(c1)C(=O)N(C)[C@@H]1CC[C@@H](CC(=O)N3CCN(C)CC3)O[C@H]1CO2. The molecule has 1 aromatic rings. The van der Waals surface area contributed by atoms with Crippen molar-refractivity contribution in [3.8, 4) is 5.75 Å². The van der Waals surface area contributed by atoms with Crippen molar-refractivity contribution in [3.05, 3.63) is 23.8 Å². The molecule has 0 aliphatic carbocycles. The maximum Gasteiger partial charge on any atom is 0.257 e. The van der Waals surface area contributed by atoms with Crippen molar-refractivity contribution in [2.24, 2.45) is 0 Å². The van der Waals surface area contributed by atoms with Crippen LogP contribution in [0.25, 0.3) is 0 Å². The van der Waals surface area contributed by atoms with E-state index in [0.29, 0.717) is 36.3 Å². The zero-order chi connectivity index (χ0) is 24.5. The van der Waals surface area contributed by atoms with Gasteiger partial charge < -0.3 is 24.2 Å². The molecular weight excluding hydrogens is 460 g/mol. The molecule has 1 N–H and O–H groups in total. The Morgan fingerprint density at radius 2 is 1.88 bits per heavy atom. The highest BCUT2D eigenvalue weighted by atomic mass is 32.2. The molecule has 1 aromatic carbocycles. The molecule has 188 valence electrons. The number of piperazine rings is 1. The number of nitrogens with zero attached hydrogens (tertiary/aromatic N) is 3. The molecule has 3 aliphatic rings. The first kappa shape index (κ1) is 24.7. The minimum atomic E-state index is -3.46. The second kappa shape index (κ2) is 10.1. The first-order valence-corrected chi connectivity index (χ1v) is 13.5. The number of carbonyl (C=O) groups is 2. The number of carbonyl (C=O) groups excluding carboxylic acids is 2. The Hall–Kier alpha value is -2.37. The van der Waals surface area contributed by atoms with Gasteiger partial charge in [0.2, 0.25) is 15.9 Å². The van der Waals surface area contributed by atoms with E-state index in [1.54, 1.807) is 31.0 Å². The van der Waals surface area contributed by atoms with E-state index < -0.39 is 10.0 Å². The smallest absolute Gasteiger partial charge is 0.257 e. The van der Waals surface area contributed by atoms with Gasteiger partial charge in [-0.15, -0.1) is 0 Å². The van der Waals surface area contributed by atoms with Crippen LogP contribution in [0, 0.1) is 0 Å².